The third-order valence-electron chi connectivity index (χ3n) is 3.36. The van der Waals surface area contributed by atoms with Crippen molar-refractivity contribution in [2.45, 2.75) is 71.6 Å². The number of hydrogen-bond donors (Lipinski definition) is 0. The van der Waals surface area contributed by atoms with Gasteiger partial charge in [-0.1, -0.05) is 64.0 Å². The molecule has 3 nitrogen and oxygen atoms in total. The van der Waals surface area contributed by atoms with Crippen LogP contribution in [0.15, 0.2) is 6.20 Å². The Hall–Kier alpha value is -0.860. The maximum Gasteiger partial charge on any atom is 0.0827 e. The van der Waals surface area contributed by atoms with Crippen molar-refractivity contribution in [3.63, 3.8) is 0 Å². The van der Waals surface area contributed by atoms with Crippen molar-refractivity contribution in [1.82, 2.24) is 15.0 Å². The van der Waals surface area contributed by atoms with Crippen molar-refractivity contribution >= 4 is 0 Å². The fraction of sp³-hybridized carbons (Fsp3) is 0.867. The predicted octanol–water partition coefficient (Wildman–Crippen LogP) is 4.13. The summed E-state index contributed by atoms with van der Waals surface area (Å²) in [4.78, 5) is 0. The Bertz CT molecular complexity index is 304. The van der Waals surface area contributed by atoms with Crippen LogP contribution in [0.3, 0.4) is 0 Å². The van der Waals surface area contributed by atoms with E-state index in [9.17, 15) is 0 Å². The molecule has 0 spiro atoms. The molecule has 1 heterocycles. The van der Waals surface area contributed by atoms with Crippen LogP contribution in [-0.2, 0) is 13.5 Å². The van der Waals surface area contributed by atoms with E-state index < -0.39 is 0 Å². The lowest BCUT2D eigenvalue weighted by atomic mass is 10.0. The molecule has 0 saturated heterocycles. The van der Waals surface area contributed by atoms with E-state index in [1.807, 2.05) is 13.2 Å². The maximum absolute atomic E-state index is 4.10. The number of aromatic nitrogens is 3. The van der Waals surface area contributed by atoms with Gasteiger partial charge >= 0.3 is 0 Å². The van der Waals surface area contributed by atoms with E-state index >= 15 is 0 Å². The van der Waals surface area contributed by atoms with Gasteiger partial charge in [-0.25, -0.2) is 0 Å². The van der Waals surface area contributed by atoms with Gasteiger partial charge in [0.1, 0.15) is 0 Å². The maximum atomic E-state index is 4.10. The molecule has 1 aromatic rings. The van der Waals surface area contributed by atoms with Crippen molar-refractivity contribution < 1.29 is 0 Å². The largest absolute Gasteiger partial charge is 0.255 e. The third-order valence-corrected chi connectivity index (χ3v) is 3.36. The van der Waals surface area contributed by atoms with E-state index in [0.29, 0.717) is 0 Å². The van der Waals surface area contributed by atoms with Crippen LogP contribution in [0.5, 0.6) is 0 Å². The van der Waals surface area contributed by atoms with Gasteiger partial charge in [-0.15, -0.1) is 5.10 Å². The number of hydrogen-bond acceptors (Lipinski definition) is 2. The molecule has 0 fully saturated rings. The molecule has 3 heteroatoms. The topological polar surface area (TPSA) is 30.7 Å². The zero-order chi connectivity index (χ0) is 13.2. The molecule has 0 saturated carbocycles. The molecule has 0 aliphatic carbocycles. The zero-order valence-electron chi connectivity index (χ0n) is 12.4. The SMILES string of the molecule is CC(C)CCCCCCCCCc1cn(C)nn1. The zero-order valence-corrected chi connectivity index (χ0v) is 12.4. The summed E-state index contributed by atoms with van der Waals surface area (Å²) < 4.78 is 1.78. The van der Waals surface area contributed by atoms with Crippen LogP contribution in [0.2, 0.25) is 0 Å². The highest BCUT2D eigenvalue weighted by Gasteiger charge is 1.98. The normalized spacial score (nSPS) is 11.3. The van der Waals surface area contributed by atoms with Gasteiger partial charge in [0.2, 0.25) is 0 Å². The molecule has 1 aromatic heterocycles. The van der Waals surface area contributed by atoms with Gasteiger partial charge in [0, 0.05) is 13.2 Å². The highest BCUT2D eigenvalue weighted by Crippen LogP contribution is 2.12. The van der Waals surface area contributed by atoms with Crippen molar-refractivity contribution in [3.05, 3.63) is 11.9 Å². The first-order valence-electron chi connectivity index (χ1n) is 7.53. The molecule has 0 aliphatic heterocycles. The Labute approximate surface area is 112 Å². The summed E-state index contributed by atoms with van der Waals surface area (Å²) in [7, 11) is 1.92. The van der Waals surface area contributed by atoms with Crippen LogP contribution in [0, 0.1) is 5.92 Å². The summed E-state index contributed by atoms with van der Waals surface area (Å²) >= 11 is 0. The van der Waals surface area contributed by atoms with E-state index in [0.717, 1.165) is 18.0 Å². The first-order valence-corrected chi connectivity index (χ1v) is 7.53. The van der Waals surface area contributed by atoms with Gasteiger partial charge in [-0.05, 0) is 18.8 Å². The lowest BCUT2D eigenvalue weighted by Crippen LogP contribution is -1.88. The van der Waals surface area contributed by atoms with E-state index in [4.69, 9.17) is 0 Å². The second kappa shape index (κ2) is 9.12. The van der Waals surface area contributed by atoms with E-state index in [-0.39, 0.29) is 0 Å². The summed E-state index contributed by atoms with van der Waals surface area (Å²) in [6, 6.07) is 0. The molecule has 0 amide bonds. The fourth-order valence-electron chi connectivity index (χ4n) is 2.25. The van der Waals surface area contributed by atoms with Crippen LogP contribution in [0.1, 0.15) is 70.9 Å². The molecule has 18 heavy (non-hydrogen) atoms. The van der Waals surface area contributed by atoms with Crippen LogP contribution < -0.4 is 0 Å². The van der Waals surface area contributed by atoms with Gasteiger partial charge in [-0.3, -0.25) is 4.68 Å². The summed E-state index contributed by atoms with van der Waals surface area (Å²) in [5.74, 6) is 0.872. The van der Waals surface area contributed by atoms with Crippen LogP contribution in [0.25, 0.3) is 0 Å². The second-order valence-electron chi connectivity index (χ2n) is 5.79. The molecule has 0 N–H and O–H groups in total. The van der Waals surface area contributed by atoms with Crippen LogP contribution in [0.4, 0.5) is 0 Å². The average molecular weight is 251 g/mol. The lowest BCUT2D eigenvalue weighted by molar-refractivity contribution is 0.509. The smallest absolute Gasteiger partial charge is 0.0827 e. The number of aryl methyl sites for hydroxylation is 2. The quantitative estimate of drug-likeness (QED) is 0.585. The van der Waals surface area contributed by atoms with Gasteiger partial charge in [-0.2, -0.15) is 0 Å². The molecular weight excluding hydrogens is 222 g/mol. The average Bonchev–Trinajstić information content (AvgIpc) is 2.72. The molecule has 1 rings (SSSR count). The minimum absolute atomic E-state index is 0.872. The van der Waals surface area contributed by atoms with Gasteiger partial charge < -0.3 is 0 Å². The molecule has 0 aromatic carbocycles. The van der Waals surface area contributed by atoms with Crippen molar-refractivity contribution in [2.24, 2.45) is 13.0 Å². The number of nitrogens with zero attached hydrogens (tertiary/aromatic N) is 3. The standard InChI is InChI=1S/C15H29N3/c1-14(2)11-9-7-5-4-6-8-10-12-15-13-18(3)17-16-15/h13-14H,4-12H2,1-3H3. The number of unbranched alkanes of at least 4 members (excludes halogenated alkanes) is 6. The summed E-state index contributed by atoms with van der Waals surface area (Å²) in [6.07, 6.45) is 14.1. The van der Waals surface area contributed by atoms with E-state index in [2.05, 4.69) is 24.2 Å². The fourth-order valence-corrected chi connectivity index (χ4v) is 2.25. The van der Waals surface area contributed by atoms with Gasteiger partial charge in [0.25, 0.3) is 0 Å². The minimum Gasteiger partial charge on any atom is -0.255 e. The van der Waals surface area contributed by atoms with Crippen molar-refractivity contribution in [2.75, 3.05) is 0 Å². The Balaban J connectivity index is 1.84. The Morgan fingerprint density at radius 2 is 1.61 bits per heavy atom. The minimum atomic E-state index is 0.872. The van der Waals surface area contributed by atoms with Crippen molar-refractivity contribution in [1.29, 1.82) is 0 Å². The van der Waals surface area contributed by atoms with Gasteiger partial charge in [0.15, 0.2) is 0 Å². The molecule has 0 unspecified atom stereocenters. The molecule has 0 bridgehead atoms. The summed E-state index contributed by atoms with van der Waals surface area (Å²) in [5, 5.41) is 8.05. The summed E-state index contributed by atoms with van der Waals surface area (Å²) in [5.41, 5.74) is 1.13. The molecule has 0 aliphatic rings. The third kappa shape index (κ3) is 7.46. The molecule has 104 valence electrons. The highest BCUT2D eigenvalue weighted by molar-refractivity contribution is 4.91. The number of rotatable bonds is 10. The van der Waals surface area contributed by atoms with E-state index in [1.165, 1.54) is 51.4 Å². The van der Waals surface area contributed by atoms with Crippen LogP contribution in [-0.4, -0.2) is 15.0 Å². The van der Waals surface area contributed by atoms with Crippen LogP contribution >= 0.6 is 0 Å². The Kier molecular flexibility index (Phi) is 7.70. The Morgan fingerprint density at radius 1 is 1.00 bits per heavy atom. The first-order chi connectivity index (χ1) is 8.68. The first kappa shape index (κ1) is 15.2. The summed E-state index contributed by atoms with van der Waals surface area (Å²) in [6.45, 7) is 4.62. The second-order valence-corrected chi connectivity index (χ2v) is 5.79. The Morgan fingerprint density at radius 3 is 2.17 bits per heavy atom. The van der Waals surface area contributed by atoms with E-state index in [1.54, 1.807) is 4.68 Å². The highest BCUT2D eigenvalue weighted by atomic mass is 15.4. The van der Waals surface area contributed by atoms with Gasteiger partial charge in [0.05, 0.1) is 5.69 Å². The molecular formula is C15H29N3. The van der Waals surface area contributed by atoms with Crippen molar-refractivity contribution in [3.8, 4) is 0 Å². The molecule has 0 atom stereocenters. The molecule has 0 radical (unpaired) electrons. The lowest BCUT2D eigenvalue weighted by Gasteiger charge is -2.04. The monoisotopic (exact) mass is 251 g/mol. The predicted molar refractivity (Wildman–Crippen MR) is 76.5 cm³/mol.